The van der Waals surface area contributed by atoms with E-state index in [-0.39, 0.29) is 6.10 Å². The molecule has 11 heteroatoms. The maximum absolute atomic E-state index is 10.4. The lowest BCUT2D eigenvalue weighted by atomic mass is 9.97. The molecular weight excluding hydrogens is 368 g/mol. The van der Waals surface area contributed by atoms with E-state index in [9.17, 15) is 30.6 Å². The van der Waals surface area contributed by atoms with E-state index in [0.717, 1.165) is 0 Å². The largest absolute Gasteiger partial charge is 0.394 e. The summed E-state index contributed by atoms with van der Waals surface area (Å²) in [7, 11) is 1.29. The van der Waals surface area contributed by atoms with Crippen molar-refractivity contribution in [3.8, 4) is 0 Å². The summed E-state index contributed by atoms with van der Waals surface area (Å²) in [6.45, 7) is 2.35. The van der Waals surface area contributed by atoms with Crippen LogP contribution in [-0.2, 0) is 23.7 Å². The summed E-state index contributed by atoms with van der Waals surface area (Å²) in [5.41, 5.74) is 0. The van der Waals surface area contributed by atoms with Crippen LogP contribution < -0.4 is 0 Å². The molecule has 2 rings (SSSR count). The van der Waals surface area contributed by atoms with Crippen molar-refractivity contribution in [1.29, 1.82) is 0 Å². The molecule has 2 aliphatic rings. The monoisotopic (exact) mass is 398 g/mol. The van der Waals surface area contributed by atoms with Crippen LogP contribution in [0, 0.1) is 0 Å². The van der Waals surface area contributed by atoms with Gasteiger partial charge in [-0.05, 0) is 13.8 Å². The third kappa shape index (κ3) is 4.95. The first kappa shape index (κ1) is 22.8. The topological polar surface area (TPSA) is 168 Å². The van der Waals surface area contributed by atoms with Crippen molar-refractivity contribution in [2.45, 2.75) is 81.4 Å². The molecule has 8 unspecified atom stereocenters. The van der Waals surface area contributed by atoms with Gasteiger partial charge < -0.3 is 54.3 Å². The zero-order chi connectivity index (χ0) is 20.3. The Labute approximate surface area is 157 Å². The molecule has 0 bridgehead atoms. The Kier molecular flexibility index (Phi) is 8.34. The second kappa shape index (κ2) is 9.85. The van der Waals surface area contributed by atoms with Gasteiger partial charge in [0.05, 0.1) is 19.3 Å². The van der Waals surface area contributed by atoms with Crippen LogP contribution in [0.5, 0.6) is 0 Å². The van der Waals surface area contributed by atoms with Crippen molar-refractivity contribution in [2.75, 3.05) is 20.3 Å². The first-order valence-electron chi connectivity index (χ1n) is 8.83. The average molecular weight is 398 g/mol. The van der Waals surface area contributed by atoms with Crippen LogP contribution in [0.15, 0.2) is 0 Å². The number of aliphatic hydroxyl groups excluding tert-OH is 6. The van der Waals surface area contributed by atoms with Gasteiger partial charge in [0, 0.05) is 7.11 Å². The van der Waals surface area contributed by atoms with E-state index in [4.69, 9.17) is 23.7 Å². The number of hydrogen-bond acceptors (Lipinski definition) is 11. The molecule has 0 aromatic carbocycles. The molecule has 0 aromatic heterocycles. The highest BCUT2D eigenvalue weighted by Crippen LogP contribution is 2.30. The SMILES string of the molecule is COC1C(CO)OC(OC2C(O)C(O)[C@H](OC(C)C)O[C@H]2CO)C(O)C1O. The average Bonchev–Trinajstić information content (AvgIpc) is 2.64. The standard InChI is InChI=1S/C16H30O11/c1-6(2)24-15-12(22)10(20)14(8(5-18)26-15)27-16-11(21)9(19)13(23-3)7(4-17)25-16/h6-22H,4-5H2,1-3H3/t7?,8-,9?,10?,11?,12?,13?,14?,15+,16?/m0/s1. The summed E-state index contributed by atoms with van der Waals surface area (Å²) in [4.78, 5) is 0. The zero-order valence-corrected chi connectivity index (χ0v) is 15.5. The molecule has 2 aliphatic heterocycles. The maximum Gasteiger partial charge on any atom is 0.187 e. The second-order valence-electron chi connectivity index (χ2n) is 6.90. The fourth-order valence-corrected chi connectivity index (χ4v) is 3.21. The van der Waals surface area contributed by atoms with E-state index < -0.39 is 74.6 Å². The smallest absolute Gasteiger partial charge is 0.187 e. The van der Waals surface area contributed by atoms with Crippen molar-refractivity contribution in [3.63, 3.8) is 0 Å². The molecule has 2 saturated heterocycles. The number of rotatable bonds is 7. The third-order valence-electron chi connectivity index (χ3n) is 4.61. The molecule has 0 radical (unpaired) electrons. The number of ether oxygens (including phenoxy) is 5. The molecule has 6 N–H and O–H groups in total. The fraction of sp³-hybridized carbons (Fsp3) is 1.00. The molecule has 2 fully saturated rings. The molecule has 10 atom stereocenters. The molecule has 0 aliphatic carbocycles. The second-order valence-corrected chi connectivity index (χ2v) is 6.90. The quantitative estimate of drug-likeness (QED) is 0.254. The van der Waals surface area contributed by atoms with Crippen LogP contribution in [0.2, 0.25) is 0 Å². The summed E-state index contributed by atoms with van der Waals surface area (Å²) in [6.07, 6.45) is -13.3. The van der Waals surface area contributed by atoms with Crippen molar-refractivity contribution in [3.05, 3.63) is 0 Å². The Balaban J connectivity index is 2.12. The number of methoxy groups -OCH3 is 1. The number of hydrogen-bond donors (Lipinski definition) is 6. The highest BCUT2D eigenvalue weighted by atomic mass is 16.7. The normalized spacial score (nSPS) is 46.0. The minimum atomic E-state index is -1.56. The van der Waals surface area contributed by atoms with Crippen LogP contribution in [0.3, 0.4) is 0 Å². The van der Waals surface area contributed by atoms with E-state index in [0.29, 0.717) is 0 Å². The van der Waals surface area contributed by atoms with Gasteiger partial charge >= 0.3 is 0 Å². The van der Waals surface area contributed by atoms with Gasteiger partial charge in [0.1, 0.15) is 48.8 Å². The van der Waals surface area contributed by atoms with Crippen LogP contribution in [0.1, 0.15) is 13.8 Å². The van der Waals surface area contributed by atoms with Gasteiger partial charge in [0.25, 0.3) is 0 Å². The van der Waals surface area contributed by atoms with E-state index in [2.05, 4.69) is 0 Å². The lowest BCUT2D eigenvalue weighted by molar-refractivity contribution is -0.362. The molecule has 11 nitrogen and oxygen atoms in total. The lowest BCUT2D eigenvalue weighted by Crippen LogP contribution is -2.65. The predicted octanol–water partition coefficient (Wildman–Crippen LogP) is -3.31. The van der Waals surface area contributed by atoms with E-state index >= 15 is 0 Å². The van der Waals surface area contributed by atoms with E-state index in [1.165, 1.54) is 7.11 Å². The van der Waals surface area contributed by atoms with Crippen LogP contribution in [0.25, 0.3) is 0 Å². The summed E-state index contributed by atoms with van der Waals surface area (Å²) in [5.74, 6) is 0. The molecule has 2 heterocycles. The van der Waals surface area contributed by atoms with E-state index in [1.807, 2.05) is 0 Å². The summed E-state index contributed by atoms with van der Waals surface area (Å²) < 4.78 is 26.8. The molecule has 0 amide bonds. The van der Waals surface area contributed by atoms with Crippen molar-refractivity contribution in [1.82, 2.24) is 0 Å². The minimum Gasteiger partial charge on any atom is -0.394 e. The third-order valence-corrected chi connectivity index (χ3v) is 4.61. The highest BCUT2D eigenvalue weighted by Gasteiger charge is 2.51. The summed E-state index contributed by atoms with van der Waals surface area (Å²) in [5, 5.41) is 60.0. The molecule has 0 saturated carbocycles. The molecule has 27 heavy (non-hydrogen) atoms. The fourth-order valence-electron chi connectivity index (χ4n) is 3.21. The van der Waals surface area contributed by atoms with Crippen molar-refractivity contribution >= 4 is 0 Å². The van der Waals surface area contributed by atoms with Gasteiger partial charge in [-0.15, -0.1) is 0 Å². The van der Waals surface area contributed by atoms with Gasteiger partial charge in [-0.25, -0.2) is 0 Å². The Morgan fingerprint density at radius 3 is 1.78 bits per heavy atom. The van der Waals surface area contributed by atoms with Gasteiger partial charge in [-0.2, -0.15) is 0 Å². The Hall–Kier alpha value is -0.440. The van der Waals surface area contributed by atoms with Crippen LogP contribution in [0.4, 0.5) is 0 Å². The predicted molar refractivity (Wildman–Crippen MR) is 87.4 cm³/mol. The number of aliphatic hydroxyl groups is 6. The van der Waals surface area contributed by atoms with Gasteiger partial charge in [-0.3, -0.25) is 0 Å². The molecular formula is C16H30O11. The molecule has 0 aromatic rings. The highest BCUT2D eigenvalue weighted by molar-refractivity contribution is 4.94. The van der Waals surface area contributed by atoms with E-state index in [1.54, 1.807) is 13.8 Å². The first-order valence-corrected chi connectivity index (χ1v) is 8.83. The van der Waals surface area contributed by atoms with Crippen LogP contribution in [-0.4, -0.2) is 118 Å². The van der Waals surface area contributed by atoms with Crippen LogP contribution >= 0.6 is 0 Å². The molecule has 0 spiro atoms. The van der Waals surface area contributed by atoms with Gasteiger partial charge in [0.2, 0.25) is 0 Å². The van der Waals surface area contributed by atoms with Crippen molar-refractivity contribution in [2.24, 2.45) is 0 Å². The zero-order valence-electron chi connectivity index (χ0n) is 15.5. The van der Waals surface area contributed by atoms with Gasteiger partial charge in [0.15, 0.2) is 12.6 Å². The Morgan fingerprint density at radius 2 is 1.26 bits per heavy atom. The maximum atomic E-state index is 10.4. The lowest BCUT2D eigenvalue weighted by Gasteiger charge is -2.46. The van der Waals surface area contributed by atoms with Gasteiger partial charge in [-0.1, -0.05) is 0 Å². The summed E-state index contributed by atoms with van der Waals surface area (Å²) in [6, 6.07) is 0. The Morgan fingerprint density at radius 1 is 0.778 bits per heavy atom. The minimum absolute atomic E-state index is 0.302. The van der Waals surface area contributed by atoms with Crippen molar-refractivity contribution < 1.29 is 54.3 Å². The first-order chi connectivity index (χ1) is 12.7. The Bertz CT molecular complexity index is 446. The summed E-state index contributed by atoms with van der Waals surface area (Å²) >= 11 is 0. The molecule has 160 valence electrons.